The summed E-state index contributed by atoms with van der Waals surface area (Å²) in [5.74, 6) is 0.675. The summed E-state index contributed by atoms with van der Waals surface area (Å²) >= 11 is 1.23. The van der Waals surface area contributed by atoms with Crippen LogP contribution in [0.1, 0.15) is 26.2 Å². The summed E-state index contributed by atoms with van der Waals surface area (Å²) in [4.78, 5) is 14.3. The first-order valence-electron chi connectivity index (χ1n) is 8.66. The van der Waals surface area contributed by atoms with Crippen LogP contribution >= 0.6 is 11.8 Å². The molecule has 2 heterocycles. The molecule has 1 aromatic carbocycles. The van der Waals surface area contributed by atoms with E-state index in [4.69, 9.17) is 4.42 Å². The molecule has 1 atom stereocenters. The van der Waals surface area contributed by atoms with Crippen molar-refractivity contribution in [1.82, 2.24) is 15.1 Å². The van der Waals surface area contributed by atoms with Gasteiger partial charge in [-0.15, -0.1) is 10.2 Å². The van der Waals surface area contributed by atoms with Gasteiger partial charge in [0.2, 0.25) is 21.8 Å². The van der Waals surface area contributed by atoms with Gasteiger partial charge in [-0.3, -0.25) is 9.52 Å². The molecule has 0 saturated carbocycles. The fourth-order valence-corrected chi connectivity index (χ4v) is 4.17. The second-order valence-electron chi connectivity index (χ2n) is 6.55. The molecule has 1 N–H and O–H groups in total. The number of piperidine rings is 1. The smallest absolute Gasteiger partial charge is 0.277 e. The molecule has 2 aromatic rings. The average molecular weight is 411 g/mol. The second kappa shape index (κ2) is 8.30. The second-order valence-corrected chi connectivity index (χ2v) is 9.22. The van der Waals surface area contributed by atoms with Crippen molar-refractivity contribution >= 4 is 33.4 Å². The summed E-state index contributed by atoms with van der Waals surface area (Å²) < 4.78 is 30.5. The van der Waals surface area contributed by atoms with Gasteiger partial charge in [0.15, 0.2) is 0 Å². The molecule has 1 aliphatic rings. The van der Waals surface area contributed by atoms with Gasteiger partial charge in [0, 0.05) is 23.8 Å². The normalized spacial score (nSPS) is 17.7. The van der Waals surface area contributed by atoms with E-state index in [0.717, 1.165) is 25.6 Å². The SMILES string of the molecule is C[C@H]1CCCCN1C(=O)CSc1nnc(-c2ccc(NS(C)(=O)=O)cc2)o1. The monoisotopic (exact) mass is 410 g/mol. The van der Waals surface area contributed by atoms with Crippen molar-refractivity contribution in [1.29, 1.82) is 0 Å². The van der Waals surface area contributed by atoms with Crippen molar-refractivity contribution in [3.63, 3.8) is 0 Å². The van der Waals surface area contributed by atoms with Crippen LogP contribution in [0.3, 0.4) is 0 Å². The van der Waals surface area contributed by atoms with Crippen molar-refractivity contribution in [3.8, 4) is 11.5 Å². The van der Waals surface area contributed by atoms with Crippen molar-refractivity contribution < 1.29 is 17.6 Å². The molecule has 1 fully saturated rings. The van der Waals surface area contributed by atoms with Crippen molar-refractivity contribution in [2.24, 2.45) is 0 Å². The Balaban J connectivity index is 1.59. The number of anilines is 1. The highest BCUT2D eigenvalue weighted by Gasteiger charge is 2.23. The molecule has 8 nitrogen and oxygen atoms in total. The van der Waals surface area contributed by atoms with Crippen molar-refractivity contribution in [2.75, 3.05) is 23.3 Å². The van der Waals surface area contributed by atoms with E-state index < -0.39 is 10.0 Å². The summed E-state index contributed by atoms with van der Waals surface area (Å²) in [6.45, 7) is 2.89. The molecule has 0 bridgehead atoms. The van der Waals surface area contributed by atoms with Gasteiger partial charge in [-0.1, -0.05) is 11.8 Å². The molecule has 1 aliphatic heterocycles. The first-order chi connectivity index (χ1) is 12.8. The first kappa shape index (κ1) is 19.7. The minimum absolute atomic E-state index is 0.0863. The molecule has 146 valence electrons. The number of carbonyl (C=O) groups excluding carboxylic acids is 1. The van der Waals surface area contributed by atoms with Crippen LogP contribution in [0, 0.1) is 0 Å². The minimum atomic E-state index is -3.32. The topological polar surface area (TPSA) is 105 Å². The molecular formula is C17H22N4O4S2. The van der Waals surface area contributed by atoms with Crippen LogP contribution in [0.5, 0.6) is 0 Å². The maximum Gasteiger partial charge on any atom is 0.277 e. The number of amides is 1. The van der Waals surface area contributed by atoms with Crippen LogP contribution in [0.25, 0.3) is 11.5 Å². The lowest BCUT2D eigenvalue weighted by Gasteiger charge is -2.33. The highest BCUT2D eigenvalue weighted by molar-refractivity contribution is 7.99. The Bertz CT molecular complexity index is 896. The fraction of sp³-hybridized carbons (Fsp3) is 0.471. The van der Waals surface area contributed by atoms with Gasteiger partial charge in [-0.2, -0.15) is 0 Å². The Morgan fingerprint density at radius 1 is 1.30 bits per heavy atom. The number of carbonyl (C=O) groups is 1. The van der Waals surface area contributed by atoms with Gasteiger partial charge in [-0.25, -0.2) is 8.42 Å². The van der Waals surface area contributed by atoms with Crippen LogP contribution in [-0.2, 0) is 14.8 Å². The molecular weight excluding hydrogens is 388 g/mol. The number of nitrogens with zero attached hydrogens (tertiary/aromatic N) is 3. The molecule has 0 aliphatic carbocycles. The summed E-state index contributed by atoms with van der Waals surface area (Å²) in [6.07, 6.45) is 4.36. The van der Waals surface area contributed by atoms with E-state index >= 15 is 0 Å². The Morgan fingerprint density at radius 2 is 2.04 bits per heavy atom. The van der Waals surface area contributed by atoms with Crippen molar-refractivity contribution in [2.45, 2.75) is 37.5 Å². The zero-order chi connectivity index (χ0) is 19.4. The molecule has 1 amide bonds. The maximum atomic E-state index is 12.4. The number of benzene rings is 1. The first-order valence-corrected chi connectivity index (χ1v) is 11.5. The van der Waals surface area contributed by atoms with Crippen LogP contribution < -0.4 is 4.72 Å². The molecule has 10 heteroatoms. The standard InChI is InChI=1S/C17H22N4O4S2/c1-12-5-3-4-10-21(12)15(22)11-26-17-19-18-16(25-17)13-6-8-14(9-7-13)20-27(2,23)24/h6-9,12,20H,3-5,10-11H2,1-2H3/t12-/m0/s1. The van der Waals surface area contributed by atoms with Gasteiger partial charge in [0.05, 0.1) is 12.0 Å². The van der Waals surface area contributed by atoms with Gasteiger partial charge >= 0.3 is 0 Å². The molecule has 3 rings (SSSR count). The predicted molar refractivity (Wildman–Crippen MR) is 104 cm³/mol. The highest BCUT2D eigenvalue weighted by Crippen LogP contribution is 2.25. The van der Waals surface area contributed by atoms with Crippen molar-refractivity contribution in [3.05, 3.63) is 24.3 Å². The third-order valence-corrected chi connectivity index (χ3v) is 5.69. The quantitative estimate of drug-likeness (QED) is 0.730. The third kappa shape index (κ3) is 5.46. The number of thioether (sulfide) groups is 1. The Morgan fingerprint density at radius 3 is 2.70 bits per heavy atom. The Kier molecular flexibility index (Phi) is 6.05. The lowest BCUT2D eigenvalue weighted by Crippen LogP contribution is -2.42. The number of sulfonamides is 1. The van der Waals surface area contributed by atoms with E-state index in [0.29, 0.717) is 22.4 Å². The summed E-state index contributed by atoms with van der Waals surface area (Å²) in [7, 11) is -3.32. The molecule has 1 aromatic heterocycles. The van der Waals surface area contributed by atoms with Gasteiger partial charge in [0.25, 0.3) is 5.22 Å². The van der Waals surface area contributed by atoms with E-state index in [2.05, 4.69) is 21.8 Å². The lowest BCUT2D eigenvalue weighted by atomic mass is 10.0. The van der Waals surface area contributed by atoms with Crippen LogP contribution in [0.4, 0.5) is 5.69 Å². The van der Waals surface area contributed by atoms with Crippen LogP contribution in [-0.4, -0.2) is 54.0 Å². The molecule has 27 heavy (non-hydrogen) atoms. The van der Waals surface area contributed by atoms with Gasteiger partial charge in [0.1, 0.15) is 0 Å². The molecule has 0 radical (unpaired) electrons. The molecule has 0 unspecified atom stereocenters. The summed E-state index contributed by atoms with van der Waals surface area (Å²) in [6, 6.07) is 6.90. The number of hydrogen-bond donors (Lipinski definition) is 1. The number of rotatable bonds is 6. The Hall–Kier alpha value is -2.07. The zero-order valence-electron chi connectivity index (χ0n) is 15.2. The fourth-order valence-electron chi connectivity index (χ4n) is 2.95. The number of likely N-dealkylation sites (tertiary alicyclic amines) is 1. The predicted octanol–water partition coefficient (Wildman–Crippen LogP) is 2.60. The van der Waals surface area contributed by atoms with E-state index in [1.807, 2.05) is 4.90 Å². The number of hydrogen-bond acceptors (Lipinski definition) is 7. The van der Waals surface area contributed by atoms with E-state index in [9.17, 15) is 13.2 Å². The van der Waals surface area contributed by atoms with Crippen LogP contribution in [0.15, 0.2) is 33.9 Å². The number of aromatic nitrogens is 2. The average Bonchev–Trinajstić information content (AvgIpc) is 3.08. The highest BCUT2D eigenvalue weighted by atomic mass is 32.2. The van der Waals surface area contributed by atoms with E-state index in [-0.39, 0.29) is 17.7 Å². The van der Waals surface area contributed by atoms with Gasteiger partial charge < -0.3 is 9.32 Å². The van der Waals surface area contributed by atoms with E-state index in [1.165, 1.54) is 18.2 Å². The lowest BCUT2D eigenvalue weighted by molar-refractivity contribution is -0.131. The third-order valence-electron chi connectivity index (χ3n) is 4.28. The summed E-state index contributed by atoms with van der Waals surface area (Å²) in [5.41, 5.74) is 1.13. The van der Waals surface area contributed by atoms with Gasteiger partial charge in [-0.05, 0) is 50.5 Å². The van der Waals surface area contributed by atoms with Crippen LogP contribution in [0.2, 0.25) is 0 Å². The summed E-state index contributed by atoms with van der Waals surface area (Å²) in [5, 5.41) is 8.30. The molecule has 1 saturated heterocycles. The minimum Gasteiger partial charge on any atom is -0.411 e. The number of nitrogens with one attached hydrogen (secondary N) is 1. The Labute approximate surface area is 162 Å². The molecule has 0 spiro atoms. The van der Waals surface area contributed by atoms with E-state index in [1.54, 1.807) is 24.3 Å². The maximum absolute atomic E-state index is 12.4. The largest absolute Gasteiger partial charge is 0.411 e. The zero-order valence-corrected chi connectivity index (χ0v) is 16.8.